The molecule has 0 bridgehead atoms. The maximum atomic E-state index is 4.58. The highest BCUT2D eigenvalue weighted by Crippen LogP contribution is 2.14. The fourth-order valence-electron chi connectivity index (χ4n) is 2.37. The second-order valence-electron chi connectivity index (χ2n) is 6.72. The highest BCUT2D eigenvalue weighted by Gasteiger charge is 2.13. The van der Waals surface area contributed by atoms with Crippen LogP contribution < -0.4 is 5.32 Å². The van der Waals surface area contributed by atoms with Gasteiger partial charge < -0.3 is 5.32 Å². The summed E-state index contributed by atoms with van der Waals surface area (Å²) in [6, 6.07) is 8.69. The smallest absolute Gasteiger partial charge is 0.0662 e. The van der Waals surface area contributed by atoms with Crippen molar-refractivity contribution >= 4 is 0 Å². The first-order valence-corrected chi connectivity index (χ1v) is 7.73. The van der Waals surface area contributed by atoms with Gasteiger partial charge >= 0.3 is 0 Å². The van der Waals surface area contributed by atoms with E-state index < -0.39 is 0 Å². The summed E-state index contributed by atoms with van der Waals surface area (Å²) in [6.07, 6.45) is 3.01. The molecule has 1 aromatic heterocycles. The maximum absolute atomic E-state index is 4.58. The summed E-state index contributed by atoms with van der Waals surface area (Å²) in [4.78, 5) is 0. The zero-order valence-electron chi connectivity index (χ0n) is 13.9. The first-order valence-electron chi connectivity index (χ1n) is 7.73. The molecule has 0 radical (unpaired) electrons. The normalized spacial score (nSPS) is 11.9. The molecule has 1 heterocycles. The van der Waals surface area contributed by atoms with E-state index in [1.54, 1.807) is 0 Å². The molecule has 21 heavy (non-hydrogen) atoms. The molecule has 3 heteroatoms. The largest absolute Gasteiger partial charge is 0.308 e. The van der Waals surface area contributed by atoms with Crippen LogP contribution in [-0.4, -0.2) is 15.3 Å². The van der Waals surface area contributed by atoms with Crippen LogP contribution in [0.25, 0.3) is 0 Å². The summed E-state index contributed by atoms with van der Waals surface area (Å²) in [6.45, 7) is 12.6. The topological polar surface area (TPSA) is 29.9 Å². The van der Waals surface area contributed by atoms with Crippen molar-refractivity contribution < 1.29 is 0 Å². The second-order valence-corrected chi connectivity index (χ2v) is 6.72. The van der Waals surface area contributed by atoms with Gasteiger partial charge in [0, 0.05) is 23.3 Å². The number of hydrogen-bond donors (Lipinski definition) is 1. The van der Waals surface area contributed by atoms with Crippen molar-refractivity contribution in [3.63, 3.8) is 0 Å². The molecule has 2 aromatic rings. The quantitative estimate of drug-likeness (QED) is 0.908. The zero-order valence-corrected chi connectivity index (χ0v) is 13.9. The minimum atomic E-state index is 0.129. The SMILES string of the molecule is CCc1c(CNC(C)(C)C)cnn1Cc1ccc(C)cc1. The van der Waals surface area contributed by atoms with Crippen molar-refractivity contribution in [2.75, 3.05) is 0 Å². The van der Waals surface area contributed by atoms with Crippen molar-refractivity contribution in [2.45, 2.75) is 59.7 Å². The van der Waals surface area contributed by atoms with E-state index in [1.807, 2.05) is 6.20 Å². The molecule has 1 aromatic carbocycles. The number of benzene rings is 1. The van der Waals surface area contributed by atoms with Crippen molar-refractivity contribution in [3.8, 4) is 0 Å². The van der Waals surface area contributed by atoms with Gasteiger partial charge in [0.15, 0.2) is 0 Å². The standard InChI is InChI=1S/C18H27N3/c1-6-17-16(11-19-18(3,4)5)12-20-21(17)13-15-9-7-14(2)8-10-15/h7-10,12,19H,6,11,13H2,1-5H3. The van der Waals surface area contributed by atoms with Crippen LogP contribution in [0.3, 0.4) is 0 Å². The number of rotatable bonds is 5. The molecule has 0 aliphatic rings. The Hall–Kier alpha value is -1.61. The van der Waals surface area contributed by atoms with Crippen LogP contribution in [0.4, 0.5) is 0 Å². The van der Waals surface area contributed by atoms with E-state index in [0.29, 0.717) is 0 Å². The zero-order chi connectivity index (χ0) is 15.5. The summed E-state index contributed by atoms with van der Waals surface area (Å²) >= 11 is 0. The number of nitrogens with zero attached hydrogens (tertiary/aromatic N) is 2. The van der Waals surface area contributed by atoms with E-state index in [1.165, 1.54) is 22.4 Å². The average molecular weight is 285 g/mol. The van der Waals surface area contributed by atoms with Crippen LogP contribution in [0.2, 0.25) is 0 Å². The van der Waals surface area contributed by atoms with Crippen molar-refractivity contribution in [1.29, 1.82) is 0 Å². The second kappa shape index (κ2) is 6.44. The van der Waals surface area contributed by atoms with Crippen LogP contribution >= 0.6 is 0 Å². The van der Waals surface area contributed by atoms with Gasteiger partial charge in [0.05, 0.1) is 12.7 Å². The third-order valence-corrected chi connectivity index (χ3v) is 3.63. The molecule has 0 saturated carbocycles. The molecule has 0 saturated heterocycles. The fourth-order valence-corrected chi connectivity index (χ4v) is 2.37. The first kappa shape index (κ1) is 15.8. The minimum Gasteiger partial charge on any atom is -0.308 e. The first-order chi connectivity index (χ1) is 9.89. The van der Waals surface area contributed by atoms with Gasteiger partial charge in [-0.1, -0.05) is 36.8 Å². The summed E-state index contributed by atoms with van der Waals surface area (Å²) in [5.74, 6) is 0. The molecule has 0 aliphatic heterocycles. The van der Waals surface area contributed by atoms with Gasteiger partial charge in [-0.15, -0.1) is 0 Å². The lowest BCUT2D eigenvalue weighted by atomic mass is 10.1. The maximum Gasteiger partial charge on any atom is 0.0662 e. The molecule has 2 rings (SSSR count). The van der Waals surface area contributed by atoms with Gasteiger partial charge in [0.25, 0.3) is 0 Å². The molecule has 0 unspecified atom stereocenters. The number of aromatic nitrogens is 2. The third-order valence-electron chi connectivity index (χ3n) is 3.63. The lowest BCUT2D eigenvalue weighted by molar-refractivity contribution is 0.423. The van der Waals surface area contributed by atoms with Gasteiger partial charge in [0.1, 0.15) is 0 Å². The minimum absolute atomic E-state index is 0.129. The van der Waals surface area contributed by atoms with Gasteiger partial charge in [-0.05, 0) is 39.7 Å². The summed E-state index contributed by atoms with van der Waals surface area (Å²) in [5.41, 5.74) is 5.36. The number of aryl methyl sites for hydroxylation is 1. The lowest BCUT2D eigenvalue weighted by Crippen LogP contribution is -2.35. The van der Waals surface area contributed by atoms with Crippen LogP contribution in [0, 0.1) is 6.92 Å². The Morgan fingerprint density at radius 1 is 1.14 bits per heavy atom. The van der Waals surface area contributed by atoms with E-state index in [9.17, 15) is 0 Å². The van der Waals surface area contributed by atoms with E-state index >= 15 is 0 Å². The predicted octanol–water partition coefficient (Wildman–Crippen LogP) is 3.69. The van der Waals surface area contributed by atoms with Crippen LogP contribution in [0.15, 0.2) is 30.5 Å². The molecular weight excluding hydrogens is 258 g/mol. The average Bonchev–Trinajstić information content (AvgIpc) is 2.80. The lowest BCUT2D eigenvalue weighted by Gasteiger charge is -2.20. The molecule has 114 valence electrons. The van der Waals surface area contributed by atoms with E-state index in [2.05, 4.69) is 74.0 Å². The van der Waals surface area contributed by atoms with E-state index in [0.717, 1.165) is 19.5 Å². The molecule has 0 amide bonds. The third kappa shape index (κ3) is 4.43. The van der Waals surface area contributed by atoms with Gasteiger partial charge in [-0.3, -0.25) is 4.68 Å². The Labute approximate surface area is 128 Å². The molecule has 3 nitrogen and oxygen atoms in total. The van der Waals surface area contributed by atoms with E-state index in [4.69, 9.17) is 0 Å². The molecule has 0 aliphatic carbocycles. The molecule has 0 fully saturated rings. The van der Waals surface area contributed by atoms with Crippen LogP contribution in [0.5, 0.6) is 0 Å². The summed E-state index contributed by atoms with van der Waals surface area (Å²) in [7, 11) is 0. The predicted molar refractivity (Wildman–Crippen MR) is 88.5 cm³/mol. The number of nitrogens with one attached hydrogen (secondary N) is 1. The Bertz CT molecular complexity index is 574. The van der Waals surface area contributed by atoms with Crippen molar-refractivity contribution in [2.24, 2.45) is 0 Å². The van der Waals surface area contributed by atoms with Gasteiger partial charge in [0.2, 0.25) is 0 Å². The van der Waals surface area contributed by atoms with Crippen molar-refractivity contribution in [3.05, 3.63) is 52.8 Å². The molecule has 0 atom stereocenters. The van der Waals surface area contributed by atoms with Crippen LogP contribution in [0.1, 0.15) is 50.1 Å². The molecule has 0 spiro atoms. The van der Waals surface area contributed by atoms with Gasteiger partial charge in [-0.2, -0.15) is 5.10 Å². The highest BCUT2D eigenvalue weighted by atomic mass is 15.3. The Kier molecular flexibility index (Phi) is 4.84. The summed E-state index contributed by atoms with van der Waals surface area (Å²) in [5, 5.41) is 8.13. The highest BCUT2D eigenvalue weighted by molar-refractivity contribution is 5.24. The van der Waals surface area contributed by atoms with Gasteiger partial charge in [-0.25, -0.2) is 0 Å². The van der Waals surface area contributed by atoms with Crippen LogP contribution in [-0.2, 0) is 19.5 Å². The fraction of sp³-hybridized carbons (Fsp3) is 0.500. The van der Waals surface area contributed by atoms with E-state index in [-0.39, 0.29) is 5.54 Å². The number of hydrogen-bond acceptors (Lipinski definition) is 2. The molecule has 1 N–H and O–H groups in total. The molecular formula is C18H27N3. The monoisotopic (exact) mass is 285 g/mol. The Morgan fingerprint density at radius 2 is 1.81 bits per heavy atom. The summed E-state index contributed by atoms with van der Waals surface area (Å²) < 4.78 is 2.13. The Balaban J connectivity index is 2.13. The Morgan fingerprint density at radius 3 is 2.38 bits per heavy atom. The van der Waals surface area contributed by atoms with Crippen molar-refractivity contribution in [1.82, 2.24) is 15.1 Å².